The lowest BCUT2D eigenvalue weighted by atomic mass is 10.3. The Hall–Kier alpha value is -0.770. The Labute approximate surface area is 121 Å². The van der Waals surface area contributed by atoms with Crippen molar-refractivity contribution >= 4 is 35.0 Å². The normalized spacial score (nSPS) is 10.6. The summed E-state index contributed by atoms with van der Waals surface area (Å²) in [5.74, 6) is 1.44. The molecule has 1 aromatic carbocycles. The van der Waals surface area contributed by atoms with E-state index in [4.69, 9.17) is 23.2 Å². The first kappa shape index (κ1) is 13.7. The average molecular weight is 299 g/mol. The van der Waals surface area contributed by atoms with Crippen LogP contribution in [-0.4, -0.2) is 9.97 Å². The molecule has 0 aliphatic carbocycles. The zero-order chi connectivity index (χ0) is 13.0. The van der Waals surface area contributed by atoms with E-state index in [1.54, 1.807) is 17.8 Å². The van der Waals surface area contributed by atoms with E-state index in [1.165, 1.54) is 0 Å². The molecule has 1 aromatic heterocycles. The molecule has 2 rings (SSSR count). The van der Waals surface area contributed by atoms with Crippen molar-refractivity contribution in [1.29, 1.82) is 0 Å². The molecule has 0 saturated carbocycles. The van der Waals surface area contributed by atoms with Crippen LogP contribution in [0, 0.1) is 0 Å². The fourth-order valence-corrected chi connectivity index (χ4v) is 2.75. The fourth-order valence-electron chi connectivity index (χ4n) is 1.47. The minimum atomic E-state index is 0.503. The van der Waals surface area contributed by atoms with E-state index in [1.807, 2.05) is 31.2 Å². The molecule has 0 bridgehead atoms. The molecule has 1 heterocycles. The summed E-state index contributed by atoms with van der Waals surface area (Å²) < 4.78 is 0. The second kappa shape index (κ2) is 6.41. The molecule has 0 N–H and O–H groups in total. The van der Waals surface area contributed by atoms with Gasteiger partial charge >= 0.3 is 0 Å². The summed E-state index contributed by atoms with van der Waals surface area (Å²) in [5.41, 5.74) is 0.969. The summed E-state index contributed by atoms with van der Waals surface area (Å²) in [5, 5.41) is 1.24. The van der Waals surface area contributed by atoms with Crippen LogP contribution in [-0.2, 0) is 12.2 Å². The van der Waals surface area contributed by atoms with Crippen molar-refractivity contribution < 1.29 is 0 Å². The molecule has 0 saturated heterocycles. The highest BCUT2D eigenvalue weighted by Gasteiger charge is 2.03. The Morgan fingerprint density at radius 2 is 2.00 bits per heavy atom. The van der Waals surface area contributed by atoms with Crippen molar-refractivity contribution in [1.82, 2.24) is 9.97 Å². The van der Waals surface area contributed by atoms with Gasteiger partial charge in [-0.2, -0.15) is 0 Å². The molecule has 0 spiro atoms. The van der Waals surface area contributed by atoms with Crippen molar-refractivity contribution in [3.63, 3.8) is 0 Å². The molecular formula is C13H12Cl2N2S. The number of rotatable bonds is 4. The van der Waals surface area contributed by atoms with Crippen molar-refractivity contribution in [2.75, 3.05) is 0 Å². The van der Waals surface area contributed by atoms with E-state index >= 15 is 0 Å². The number of hydrogen-bond acceptors (Lipinski definition) is 3. The van der Waals surface area contributed by atoms with Gasteiger partial charge in [-0.05, 0) is 30.7 Å². The largest absolute Gasteiger partial charge is 0.237 e. The number of aryl methyl sites for hydroxylation is 1. The number of aromatic nitrogens is 2. The van der Waals surface area contributed by atoms with Crippen LogP contribution in [0.25, 0.3) is 0 Å². The van der Waals surface area contributed by atoms with E-state index in [0.717, 1.165) is 27.9 Å². The molecule has 0 unspecified atom stereocenters. The minimum Gasteiger partial charge on any atom is -0.237 e. The molecular weight excluding hydrogens is 287 g/mol. The van der Waals surface area contributed by atoms with Crippen LogP contribution in [0.5, 0.6) is 0 Å². The van der Waals surface area contributed by atoms with Crippen LogP contribution >= 0.6 is 35.0 Å². The van der Waals surface area contributed by atoms with Crippen LogP contribution in [0.2, 0.25) is 10.2 Å². The molecule has 2 aromatic rings. The van der Waals surface area contributed by atoms with Gasteiger partial charge in [0.05, 0.1) is 5.75 Å². The predicted molar refractivity (Wildman–Crippen MR) is 77.4 cm³/mol. The summed E-state index contributed by atoms with van der Waals surface area (Å²) in [4.78, 5) is 9.76. The minimum absolute atomic E-state index is 0.503. The number of halogens is 2. The SMILES string of the molecule is CCc1cc(Cl)nc(CSc2cccc(Cl)c2)n1. The average Bonchev–Trinajstić information content (AvgIpc) is 2.36. The maximum atomic E-state index is 5.95. The highest BCUT2D eigenvalue weighted by atomic mass is 35.5. The molecule has 18 heavy (non-hydrogen) atoms. The molecule has 0 amide bonds. The number of nitrogens with zero attached hydrogens (tertiary/aromatic N) is 2. The Morgan fingerprint density at radius 3 is 2.72 bits per heavy atom. The van der Waals surface area contributed by atoms with Gasteiger partial charge in [0.15, 0.2) is 0 Å². The van der Waals surface area contributed by atoms with Crippen LogP contribution in [0.4, 0.5) is 0 Å². The van der Waals surface area contributed by atoms with Crippen molar-refractivity contribution in [2.45, 2.75) is 24.0 Å². The van der Waals surface area contributed by atoms with Gasteiger partial charge in [-0.15, -0.1) is 11.8 Å². The summed E-state index contributed by atoms with van der Waals surface area (Å²) in [6.07, 6.45) is 0.858. The quantitative estimate of drug-likeness (QED) is 0.607. The first-order valence-corrected chi connectivity index (χ1v) is 7.32. The first-order valence-electron chi connectivity index (χ1n) is 5.58. The lowest BCUT2D eigenvalue weighted by Gasteiger charge is -2.04. The highest BCUT2D eigenvalue weighted by molar-refractivity contribution is 7.98. The van der Waals surface area contributed by atoms with E-state index < -0.39 is 0 Å². The lowest BCUT2D eigenvalue weighted by molar-refractivity contribution is 0.940. The summed E-state index contributed by atoms with van der Waals surface area (Å²) >= 11 is 13.5. The van der Waals surface area contributed by atoms with E-state index in [0.29, 0.717) is 10.9 Å². The third kappa shape index (κ3) is 3.87. The van der Waals surface area contributed by atoms with E-state index in [-0.39, 0.29) is 0 Å². The van der Waals surface area contributed by atoms with E-state index in [9.17, 15) is 0 Å². The van der Waals surface area contributed by atoms with Gasteiger partial charge in [0.1, 0.15) is 11.0 Å². The number of hydrogen-bond donors (Lipinski definition) is 0. The first-order chi connectivity index (χ1) is 8.67. The predicted octanol–water partition coefficient (Wildman–Crippen LogP) is 4.64. The molecule has 2 nitrogen and oxygen atoms in total. The molecule has 0 fully saturated rings. The third-order valence-corrected chi connectivity index (χ3v) is 3.74. The maximum absolute atomic E-state index is 5.95. The van der Waals surface area contributed by atoms with Gasteiger partial charge in [-0.3, -0.25) is 0 Å². The second-order valence-corrected chi connectivity index (χ2v) is 5.57. The van der Waals surface area contributed by atoms with Crippen molar-refractivity contribution in [3.8, 4) is 0 Å². The summed E-state index contributed by atoms with van der Waals surface area (Å²) in [6, 6.07) is 9.53. The van der Waals surface area contributed by atoms with Crippen LogP contribution in [0.15, 0.2) is 35.2 Å². The van der Waals surface area contributed by atoms with Crippen molar-refractivity contribution in [2.24, 2.45) is 0 Å². The van der Waals surface area contributed by atoms with Crippen LogP contribution in [0.1, 0.15) is 18.4 Å². The van der Waals surface area contributed by atoms with E-state index in [2.05, 4.69) is 9.97 Å². The Morgan fingerprint density at radius 1 is 1.17 bits per heavy atom. The van der Waals surface area contributed by atoms with Gasteiger partial charge in [0, 0.05) is 15.6 Å². The monoisotopic (exact) mass is 298 g/mol. The molecule has 5 heteroatoms. The Kier molecular flexibility index (Phi) is 4.87. The molecule has 0 aliphatic rings. The van der Waals surface area contributed by atoms with Gasteiger partial charge in [-0.25, -0.2) is 9.97 Å². The summed E-state index contributed by atoms with van der Waals surface area (Å²) in [6.45, 7) is 2.05. The van der Waals surface area contributed by atoms with Gasteiger partial charge in [0.25, 0.3) is 0 Å². The molecule has 0 aliphatic heterocycles. The topological polar surface area (TPSA) is 25.8 Å². The number of benzene rings is 1. The third-order valence-electron chi connectivity index (χ3n) is 2.32. The van der Waals surface area contributed by atoms with Gasteiger partial charge < -0.3 is 0 Å². The second-order valence-electron chi connectivity index (χ2n) is 3.70. The standard InChI is InChI=1S/C13H12Cl2N2S/c1-2-10-7-12(15)17-13(16-10)8-18-11-5-3-4-9(14)6-11/h3-7H,2,8H2,1H3. The van der Waals surface area contributed by atoms with Gasteiger partial charge in [0.2, 0.25) is 0 Å². The zero-order valence-electron chi connectivity index (χ0n) is 9.86. The molecule has 0 atom stereocenters. The van der Waals surface area contributed by atoms with Crippen molar-refractivity contribution in [3.05, 3.63) is 52.0 Å². The molecule has 0 radical (unpaired) electrons. The summed E-state index contributed by atoms with van der Waals surface area (Å²) in [7, 11) is 0. The van der Waals surface area contributed by atoms with Crippen LogP contribution < -0.4 is 0 Å². The highest BCUT2D eigenvalue weighted by Crippen LogP contribution is 2.24. The maximum Gasteiger partial charge on any atom is 0.140 e. The Balaban J connectivity index is 2.08. The fraction of sp³-hybridized carbons (Fsp3) is 0.231. The Bertz CT molecular complexity index is 546. The number of thioether (sulfide) groups is 1. The zero-order valence-corrected chi connectivity index (χ0v) is 12.2. The molecule has 94 valence electrons. The lowest BCUT2D eigenvalue weighted by Crippen LogP contribution is -1.97. The smallest absolute Gasteiger partial charge is 0.140 e. The van der Waals surface area contributed by atoms with Gasteiger partial charge in [-0.1, -0.05) is 36.2 Å². The van der Waals surface area contributed by atoms with Crippen LogP contribution in [0.3, 0.4) is 0 Å².